The van der Waals surface area contributed by atoms with E-state index in [1.807, 2.05) is 7.05 Å². The van der Waals surface area contributed by atoms with E-state index in [-0.39, 0.29) is 0 Å². The first-order chi connectivity index (χ1) is 6.74. The van der Waals surface area contributed by atoms with E-state index in [1.54, 1.807) is 0 Å². The molecule has 1 rings (SSSR count). The Morgan fingerprint density at radius 3 is 2.86 bits per heavy atom. The predicted octanol–water partition coefficient (Wildman–Crippen LogP) is 0.622. The molecular formula is C11H25N3. The molecule has 84 valence electrons. The zero-order chi connectivity index (χ0) is 10.4. The number of rotatable bonds is 6. The van der Waals surface area contributed by atoms with Crippen molar-refractivity contribution in [2.45, 2.75) is 25.3 Å². The van der Waals surface area contributed by atoms with Gasteiger partial charge in [-0.1, -0.05) is 0 Å². The zero-order valence-electron chi connectivity index (χ0n) is 9.92. The summed E-state index contributed by atoms with van der Waals surface area (Å²) in [6.45, 7) is 4.87. The molecule has 0 saturated carbocycles. The Morgan fingerprint density at radius 1 is 1.50 bits per heavy atom. The van der Waals surface area contributed by atoms with Gasteiger partial charge >= 0.3 is 0 Å². The van der Waals surface area contributed by atoms with Gasteiger partial charge in [-0.25, -0.2) is 0 Å². The van der Waals surface area contributed by atoms with Crippen molar-refractivity contribution in [2.75, 3.05) is 47.3 Å². The number of hydrogen-bond acceptors (Lipinski definition) is 3. The van der Waals surface area contributed by atoms with Crippen LogP contribution in [0.25, 0.3) is 0 Å². The van der Waals surface area contributed by atoms with Crippen molar-refractivity contribution >= 4 is 0 Å². The van der Waals surface area contributed by atoms with E-state index in [2.05, 4.69) is 29.2 Å². The summed E-state index contributed by atoms with van der Waals surface area (Å²) in [6, 6.07) is 0.801. The highest BCUT2D eigenvalue weighted by Crippen LogP contribution is 2.15. The van der Waals surface area contributed by atoms with Crippen molar-refractivity contribution in [1.82, 2.24) is 15.1 Å². The Hall–Kier alpha value is -0.120. The van der Waals surface area contributed by atoms with Gasteiger partial charge in [0.2, 0.25) is 0 Å². The lowest BCUT2D eigenvalue weighted by Crippen LogP contribution is -2.37. The average molecular weight is 199 g/mol. The van der Waals surface area contributed by atoms with Crippen LogP contribution in [0.3, 0.4) is 0 Å². The van der Waals surface area contributed by atoms with E-state index in [0.29, 0.717) is 0 Å². The molecular weight excluding hydrogens is 174 g/mol. The van der Waals surface area contributed by atoms with E-state index in [1.165, 1.54) is 38.9 Å². The van der Waals surface area contributed by atoms with Crippen molar-refractivity contribution in [3.63, 3.8) is 0 Å². The number of nitrogens with one attached hydrogen (secondary N) is 1. The van der Waals surface area contributed by atoms with Gasteiger partial charge < -0.3 is 15.1 Å². The molecule has 1 aliphatic heterocycles. The maximum atomic E-state index is 3.19. The van der Waals surface area contributed by atoms with E-state index in [4.69, 9.17) is 0 Å². The monoisotopic (exact) mass is 199 g/mol. The Morgan fingerprint density at radius 2 is 2.29 bits per heavy atom. The van der Waals surface area contributed by atoms with Gasteiger partial charge in [0.1, 0.15) is 0 Å². The molecule has 1 heterocycles. The lowest BCUT2D eigenvalue weighted by molar-refractivity contribution is 0.219. The molecule has 0 radical (unpaired) electrons. The molecule has 1 aliphatic rings. The van der Waals surface area contributed by atoms with Crippen molar-refractivity contribution in [1.29, 1.82) is 0 Å². The molecule has 3 nitrogen and oxygen atoms in total. The summed E-state index contributed by atoms with van der Waals surface area (Å²) in [7, 11) is 6.51. The van der Waals surface area contributed by atoms with Gasteiger partial charge in [0.15, 0.2) is 0 Å². The molecule has 0 aromatic carbocycles. The highest BCUT2D eigenvalue weighted by Gasteiger charge is 2.21. The Labute approximate surface area is 88.5 Å². The number of nitrogens with zero attached hydrogens (tertiary/aromatic N) is 2. The van der Waals surface area contributed by atoms with Gasteiger partial charge in [-0.2, -0.15) is 0 Å². The third kappa shape index (κ3) is 3.95. The molecule has 1 atom stereocenters. The first-order valence-electron chi connectivity index (χ1n) is 5.77. The smallest absolute Gasteiger partial charge is 0.0220 e. The number of hydrogen-bond donors (Lipinski definition) is 1. The van der Waals surface area contributed by atoms with Crippen molar-refractivity contribution in [3.05, 3.63) is 0 Å². The van der Waals surface area contributed by atoms with E-state index < -0.39 is 0 Å². The highest BCUT2D eigenvalue weighted by atomic mass is 15.2. The molecule has 0 aromatic rings. The fourth-order valence-electron chi connectivity index (χ4n) is 2.19. The second kappa shape index (κ2) is 6.38. The topological polar surface area (TPSA) is 18.5 Å². The Bertz CT molecular complexity index is 149. The second-order valence-corrected chi connectivity index (χ2v) is 4.50. The third-order valence-electron chi connectivity index (χ3n) is 3.16. The van der Waals surface area contributed by atoms with Crippen LogP contribution in [0.1, 0.15) is 19.3 Å². The lowest BCUT2D eigenvalue weighted by atomic mass is 10.2. The second-order valence-electron chi connectivity index (χ2n) is 4.50. The fourth-order valence-corrected chi connectivity index (χ4v) is 2.19. The molecule has 0 bridgehead atoms. The summed E-state index contributed by atoms with van der Waals surface area (Å²) in [5.41, 5.74) is 0. The minimum absolute atomic E-state index is 0.801. The van der Waals surface area contributed by atoms with Gasteiger partial charge in [0.05, 0.1) is 0 Å². The van der Waals surface area contributed by atoms with E-state index >= 15 is 0 Å². The molecule has 0 spiro atoms. The van der Waals surface area contributed by atoms with E-state index in [9.17, 15) is 0 Å². The zero-order valence-corrected chi connectivity index (χ0v) is 9.92. The van der Waals surface area contributed by atoms with Gasteiger partial charge in [-0.05, 0) is 60.0 Å². The molecule has 1 saturated heterocycles. The molecule has 0 amide bonds. The molecule has 14 heavy (non-hydrogen) atoms. The number of likely N-dealkylation sites (tertiary alicyclic amines) is 1. The summed E-state index contributed by atoms with van der Waals surface area (Å²) >= 11 is 0. The predicted molar refractivity (Wildman–Crippen MR) is 61.7 cm³/mol. The van der Waals surface area contributed by atoms with Crippen LogP contribution in [0.2, 0.25) is 0 Å². The van der Waals surface area contributed by atoms with Crippen LogP contribution in [-0.2, 0) is 0 Å². The molecule has 1 unspecified atom stereocenters. The summed E-state index contributed by atoms with van der Waals surface area (Å²) < 4.78 is 0. The maximum absolute atomic E-state index is 3.19. The summed E-state index contributed by atoms with van der Waals surface area (Å²) in [6.07, 6.45) is 4.02. The van der Waals surface area contributed by atoms with Crippen LogP contribution >= 0.6 is 0 Å². The molecule has 0 aliphatic carbocycles. The minimum Gasteiger partial charge on any atom is -0.320 e. The summed E-state index contributed by atoms with van der Waals surface area (Å²) in [5, 5.41) is 3.19. The lowest BCUT2D eigenvalue weighted by Gasteiger charge is -2.25. The largest absolute Gasteiger partial charge is 0.320 e. The Balaban J connectivity index is 2.09. The molecule has 0 aromatic heterocycles. The first-order valence-corrected chi connectivity index (χ1v) is 5.77. The SMILES string of the molecule is CNCCCN(C)CC1CCCN1C. The molecule has 3 heteroatoms. The van der Waals surface area contributed by atoms with Crippen LogP contribution in [0.5, 0.6) is 0 Å². The van der Waals surface area contributed by atoms with Crippen LogP contribution in [-0.4, -0.2) is 63.2 Å². The normalized spacial score (nSPS) is 23.6. The van der Waals surface area contributed by atoms with Gasteiger partial charge in [-0.3, -0.25) is 0 Å². The Kier molecular flexibility index (Phi) is 5.45. The van der Waals surface area contributed by atoms with Crippen molar-refractivity contribution in [2.24, 2.45) is 0 Å². The van der Waals surface area contributed by atoms with E-state index in [0.717, 1.165) is 12.6 Å². The van der Waals surface area contributed by atoms with Crippen LogP contribution in [0, 0.1) is 0 Å². The minimum atomic E-state index is 0.801. The van der Waals surface area contributed by atoms with Gasteiger partial charge in [0.25, 0.3) is 0 Å². The van der Waals surface area contributed by atoms with Crippen LogP contribution in [0.15, 0.2) is 0 Å². The average Bonchev–Trinajstić information content (AvgIpc) is 2.52. The van der Waals surface area contributed by atoms with Gasteiger partial charge in [-0.15, -0.1) is 0 Å². The van der Waals surface area contributed by atoms with Crippen molar-refractivity contribution in [3.8, 4) is 0 Å². The number of likely N-dealkylation sites (N-methyl/N-ethyl adjacent to an activating group) is 2. The highest BCUT2D eigenvalue weighted by molar-refractivity contribution is 4.78. The van der Waals surface area contributed by atoms with Crippen LogP contribution < -0.4 is 5.32 Å². The summed E-state index contributed by atoms with van der Waals surface area (Å²) in [4.78, 5) is 4.96. The van der Waals surface area contributed by atoms with Gasteiger partial charge in [0, 0.05) is 12.6 Å². The first kappa shape index (κ1) is 12.0. The fraction of sp³-hybridized carbons (Fsp3) is 1.00. The molecule has 1 N–H and O–H groups in total. The van der Waals surface area contributed by atoms with Crippen molar-refractivity contribution < 1.29 is 0 Å². The standard InChI is InChI=1S/C11H25N3/c1-12-7-5-8-13(2)10-11-6-4-9-14(11)3/h11-12H,4-10H2,1-3H3. The quantitative estimate of drug-likeness (QED) is 0.633. The summed E-state index contributed by atoms with van der Waals surface area (Å²) in [5.74, 6) is 0. The maximum Gasteiger partial charge on any atom is 0.0220 e. The molecule has 1 fully saturated rings. The third-order valence-corrected chi connectivity index (χ3v) is 3.16. The van der Waals surface area contributed by atoms with Crippen LogP contribution in [0.4, 0.5) is 0 Å².